The number of hydrogen-bond acceptors (Lipinski definition) is 10. The summed E-state index contributed by atoms with van der Waals surface area (Å²) in [7, 11) is 5.57. The van der Waals surface area contributed by atoms with Gasteiger partial charge in [-0.05, 0) is 73.9 Å². The van der Waals surface area contributed by atoms with Crippen molar-refractivity contribution < 1.29 is 48.5 Å². The molecule has 0 spiro atoms. The number of likely N-dealkylation sites (N-methyl/N-ethyl adjacent to an activating group) is 3. The molecule has 56 heavy (non-hydrogen) atoms. The number of hydrogen-bond donors (Lipinski definition) is 5. The van der Waals surface area contributed by atoms with Gasteiger partial charge in [0.2, 0.25) is 35.4 Å². The standard InChI is InChI=1S/C40H48N6O10/c1-21-35(49)42-22(2)38(52)44(4)29(18-24-8-13-27(55-7)14-9-24)37(51)43-23(3)39(53)46(6)33-34(48)26-11-15-28(16-12-26)56-32-20-25(10-17-31(32)47)19-30(36(50)41-21)45(5)40(33)54/h8-17,20-23,29-30,33-34,47-48H,18-19H2,1-7H3,(H,41,50)(H,42,49)(H,43,51)/t21-,22+,23+,29+,30-,33+,34+/m0/s1. The van der Waals surface area contributed by atoms with Crippen molar-refractivity contribution in [1.82, 2.24) is 30.7 Å². The molecule has 3 aliphatic heterocycles. The highest BCUT2D eigenvalue weighted by molar-refractivity contribution is 5.98. The number of benzene rings is 3. The highest BCUT2D eigenvalue weighted by atomic mass is 16.5. The Labute approximate surface area is 324 Å². The Bertz CT molecular complexity index is 1970. The molecule has 6 bridgehead atoms. The number of phenols is 1. The van der Waals surface area contributed by atoms with E-state index in [1.54, 1.807) is 30.3 Å². The molecule has 6 rings (SSSR count). The normalized spacial score (nSPS) is 25.7. The fraction of sp³-hybridized carbons (Fsp3) is 0.400. The van der Waals surface area contributed by atoms with Crippen LogP contribution in [0.5, 0.6) is 23.0 Å². The summed E-state index contributed by atoms with van der Waals surface area (Å²) in [6.45, 7) is 4.27. The molecule has 16 nitrogen and oxygen atoms in total. The number of phenolic OH excluding ortho intramolecular Hbond substituents is 1. The summed E-state index contributed by atoms with van der Waals surface area (Å²) < 4.78 is 11.2. The molecule has 16 heteroatoms. The topological polar surface area (TPSA) is 207 Å². The predicted octanol–water partition coefficient (Wildman–Crippen LogP) is 1.03. The zero-order valence-corrected chi connectivity index (χ0v) is 32.3. The number of carbonyl (C=O) groups is 6. The number of aromatic hydroxyl groups is 1. The molecule has 0 unspecified atom stereocenters. The second-order valence-corrected chi connectivity index (χ2v) is 14.2. The summed E-state index contributed by atoms with van der Waals surface area (Å²) in [6.07, 6.45) is -1.76. The van der Waals surface area contributed by atoms with Crippen molar-refractivity contribution in [3.05, 3.63) is 83.4 Å². The van der Waals surface area contributed by atoms with Crippen LogP contribution >= 0.6 is 0 Å². The molecule has 3 aliphatic rings. The van der Waals surface area contributed by atoms with Crippen molar-refractivity contribution in [3.63, 3.8) is 0 Å². The number of fused-ring (bicyclic) bond motifs is 2. The first-order valence-electron chi connectivity index (χ1n) is 18.1. The number of nitrogens with one attached hydrogen (secondary N) is 3. The Kier molecular flexibility index (Phi) is 12.5. The van der Waals surface area contributed by atoms with E-state index in [-0.39, 0.29) is 29.9 Å². The van der Waals surface area contributed by atoms with Crippen LogP contribution in [-0.4, -0.2) is 125 Å². The molecule has 7 atom stereocenters. The second kappa shape index (κ2) is 17.1. The van der Waals surface area contributed by atoms with Crippen LogP contribution in [0.3, 0.4) is 0 Å². The molecule has 0 radical (unpaired) electrons. The van der Waals surface area contributed by atoms with E-state index >= 15 is 0 Å². The number of aliphatic hydroxyl groups is 1. The first-order chi connectivity index (χ1) is 26.5. The van der Waals surface area contributed by atoms with E-state index in [4.69, 9.17) is 9.47 Å². The lowest BCUT2D eigenvalue weighted by molar-refractivity contribution is -0.153. The van der Waals surface area contributed by atoms with Crippen molar-refractivity contribution in [2.24, 2.45) is 0 Å². The van der Waals surface area contributed by atoms with Crippen molar-refractivity contribution in [2.75, 3.05) is 28.3 Å². The van der Waals surface area contributed by atoms with Gasteiger partial charge in [-0.1, -0.05) is 30.3 Å². The Morgan fingerprint density at radius 3 is 1.93 bits per heavy atom. The zero-order valence-electron chi connectivity index (χ0n) is 32.3. The van der Waals surface area contributed by atoms with Crippen LogP contribution in [0.1, 0.15) is 43.6 Å². The van der Waals surface area contributed by atoms with Gasteiger partial charge in [0.15, 0.2) is 11.5 Å². The van der Waals surface area contributed by atoms with Crippen LogP contribution in [-0.2, 0) is 41.6 Å². The van der Waals surface area contributed by atoms with E-state index in [9.17, 15) is 39.0 Å². The molecule has 0 saturated carbocycles. The van der Waals surface area contributed by atoms with Crippen LogP contribution in [0, 0.1) is 0 Å². The number of methoxy groups -OCH3 is 1. The van der Waals surface area contributed by atoms with Crippen LogP contribution in [0.25, 0.3) is 0 Å². The van der Waals surface area contributed by atoms with Crippen molar-refractivity contribution in [1.29, 1.82) is 0 Å². The van der Waals surface area contributed by atoms with Gasteiger partial charge in [-0.25, -0.2) is 0 Å². The van der Waals surface area contributed by atoms with Crippen LogP contribution in [0.2, 0.25) is 0 Å². The first-order valence-corrected chi connectivity index (χ1v) is 18.1. The van der Waals surface area contributed by atoms with Gasteiger partial charge in [0.05, 0.1) is 7.11 Å². The van der Waals surface area contributed by atoms with Gasteiger partial charge >= 0.3 is 0 Å². The molecule has 3 aromatic carbocycles. The van der Waals surface area contributed by atoms with Crippen LogP contribution in [0.4, 0.5) is 0 Å². The molecule has 298 valence electrons. The number of ether oxygens (including phenoxy) is 2. The maximum Gasteiger partial charge on any atom is 0.248 e. The van der Waals surface area contributed by atoms with E-state index < -0.39 is 77.8 Å². The Hall–Kier alpha value is -6.16. The quantitative estimate of drug-likeness (QED) is 0.256. The third-order valence-electron chi connectivity index (χ3n) is 10.3. The maximum atomic E-state index is 14.6. The summed E-state index contributed by atoms with van der Waals surface area (Å²) in [6, 6.07) is 9.63. The van der Waals surface area contributed by atoms with E-state index in [0.29, 0.717) is 22.6 Å². The van der Waals surface area contributed by atoms with Gasteiger partial charge in [0.25, 0.3) is 0 Å². The molecular formula is C40H48N6O10. The Morgan fingerprint density at radius 1 is 0.714 bits per heavy atom. The summed E-state index contributed by atoms with van der Waals surface area (Å²) in [5.74, 6) is -3.58. The number of aliphatic hydroxyl groups excluding tert-OH is 1. The minimum atomic E-state index is -1.64. The smallest absolute Gasteiger partial charge is 0.248 e. The van der Waals surface area contributed by atoms with Gasteiger partial charge in [-0.3, -0.25) is 28.8 Å². The molecule has 0 aromatic heterocycles. The van der Waals surface area contributed by atoms with Crippen molar-refractivity contribution in [3.8, 4) is 23.0 Å². The van der Waals surface area contributed by atoms with Crippen molar-refractivity contribution >= 4 is 35.4 Å². The van der Waals surface area contributed by atoms with Gasteiger partial charge in [0, 0.05) is 34.0 Å². The highest BCUT2D eigenvalue weighted by Gasteiger charge is 2.42. The number of carbonyl (C=O) groups excluding carboxylic acids is 6. The van der Waals surface area contributed by atoms with Crippen molar-refractivity contribution in [2.45, 2.75) is 76.0 Å². The minimum absolute atomic E-state index is 0.0240. The lowest BCUT2D eigenvalue weighted by Gasteiger charge is -2.38. The molecule has 1 saturated heterocycles. The van der Waals surface area contributed by atoms with Crippen LogP contribution in [0.15, 0.2) is 66.7 Å². The summed E-state index contributed by atoms with van der Waals surface area (Å²) >= 11 is 0. The van der Waals surface area contributed by atoms with Gasteiger partial charge in [-0.2, -0.15) is 0 Å². The second-order valence-electron chi connectivity index (χ2n) is 14.2. The molecular weight excluding hydrogens is 724 g/mol. The molecule has 1 fully saturated rings. The van der Waals surface area contributed by atoms with Gasteiger partial charge in [0.1, 0.15) is 53.9 Å². The zero-order chi connectivity index (χ0) is 41.0. The molecule has 3 aromatic rings. The third kappa shape index (κ3) is 8.86. The van der Waals surface area contributed by atoms with E-state index in [0.717, 1.165) is 9.80 Å². The van der Waals surface area contributed by atoms with Crippen LogP contribution < -0.4 is 25.4 Å². The van der Waals surface area contributed by atoms with E-state index in [1.165, 1.54) is 90.3 Å². The highest BCUT2D eigenvalue weighted by Crippen LogP contribution is 2.34. The average molecular weight is 773 g/mol. The number of rotatable bonds is 3. The summed E-state index contributed by atoms with van der Waals surface area (Å²) in [4.78, 5) is 87.5. The lowest BCUT2D eigenvalue weighted by atomic mass is 9.96. The van der Waals surface area contributed by atoms with E-state index in [1.807, 2.05) is 0 Å². The Morgan fingerprint density at radius 2 is 1.30 bits per heavy atom. The molecule has 6 amide bonds. The molecule has 0 aliphatic carbocycles. The maximum absolute atomic E-state index is 14.6. The first kappa shape index (κ1) is 41.0. The SMILES string of the molecule is COc1ccc(C[C@@H]2C(=O)N[C@H](C)C(=O)N(C)[C@H]3C(=O)N(C)[C@@H](Cc4ccc(O)c(c4)Oc4ccc(cc4)[C@H]3O)C(=O)N[C@@H](C)C(=O)N[C@H](C)C(=O)N2C)cc1. The minimum Gasteiger partial charge on any atom is -0.504 e. The fourth-order valence-electron chi connectivity index (χ4n) is 6.75. The lowest BCUT2D eigenvalue weighted by Crippen LogP contribution is -2.62. The number of amides is 6. The number of nitrogens with zero attached hydrogens (tertiary/aromatic N) is 3. The fourth-order valence-corrected chi connectivity index (χ4v) is 6.75. The predicted molar refractivity (Wildman–Crippen MR) is 202 cm³/mol. The average Bonchev–Trinajstić information content (AvgIpc) is 3.18. The summed E-state index contributed by atoms with van der Waals surface area (Å²) in [5, 5.41) is 30.3. The van der Waals surface area contributed by atoms with E-state index in [2.05, 4.69) is 16.0 Å². The van der Waals surface area contributed by atoms with Gasteiger partial charge < -0.3 is 50.3 Å². The summed E-state index contributed by atoms with van der Waals surface area (Å²) in [5.41, 5.74) is 1.36. The monoisotopic (exact) mass is 772 g/mol. The molecule has 3 heterocycles. The Balaban J connectivity index is 1.60. The van der Waals surface area contributed by atoms with Gasteiger partial charge in [-0.15, -0.1) is 0 Å². The molecule has 5 N–H and O–H groups in total. The third-order valence-corrected chi connectivity index (χ3v) is 10.3. The largest absolute Gasteiger partial charge is 0.504 e.